The first-order valence-corrected chi connectivity index (χ1v) is 8.09. The van der Waals surface area contributed by atoms with Gasteiger partial charge in [-0.2, -0.15) is 0 Å². The summed E-state index contributed by atoms with van der Waals surface area (Å²) in [5.74, 6) is 7.15. The summed E-state index contributed by atoms with van der Waals surface area (Å²) < 4.78 is 0. The summed E-state index contributed by atoms with van der Waals surface area (Å²) in [6.07, 6.45) is 0. The molecule has 0 spiro atoms. The Bertz CT molecular complexity index is 1030. The van der Waals surface area contributed by atoms with Crippen molar-refractivity contribution in [2.45, 2.75) is 0 Å². The van der Waals surface area contributed by atoms with Gasteiger partial charge in [-0.15, -0.1) is 11.3 Å². The van der Waals surface area contributed by atoms with E-state index in [1.54, 1.807) is 11.3 Å². The van der Waals surface area contributed by atoms with Gasteiger partial charge < -0.3 is 4.98 Å². The monoisotopic (exact) mass is 336 g/mol. The summed E-state index contributed by atoms with van der Waals surface area (Å²) in [4.78, 5) is 17.2. The van der Waals surface area contributed by atoms with E-state index in [-0.39, 0.29) is 0 Å². The van der Waals surface area contributed by atoms with Gasteiger partial charge in [0.05, 0.1) is 4.88 Å². The van der Waals surface area contributed by atoms with E-state index in [4.69, 9.17) is 11.6 Å². The number of aromatic amines is 1. The van der Waals surface area contributed by atoms with Crippen molar-refractivity contribution in [3.63, 3.8) is 0 Å². The Labute approximate surface area is 141 Å². The summed E-state index contributed by atoms with van der Waals surface area (Å²) in [6, 6.07) is 13.6. The van der Waals surface area contributed by atoms with Crippen LogP contribution in [-0.2, 0) is 0 Å². The zero-order chi connectivity index (χ0) is 15.6. The molecule has 6 heteroatoms. The molecule has 0 saturated carbocycles. The smallest absolute Gasteiger partial charge is 0.185 e. The molecule has 4 rings (SSSR count). The lowest BCUT2D eigenvalue weighted by Gasteiger charge is -1.97. The third-order valence-electron chi connectivity index (χ3n) is 3.14. The molecule has 0 saturated heterocycles. The van der Waals surface area contributed by atoms with E-state index in [1.807, 2.05) is 47.8 Å². The molecule has 110 valence electrons. The second kappa shape index (κ2) is 5.84. The van der Waals surface area contributed by atoms with Crippen LogP contribution in [0, 0.1) is 11.8 Å². The molecule has 23 heavy (non-hydrogen) atoms. The fourth-order valence-corrected chi connectivity index (χ4v) is 2.96. The summed E-state index contributed by atoms with van der Waals surface area (Å²) >= 11 is 7.79. The zero-order valence-corrected chi connectivity index (χ0v) is 13.3. The molecule has 0 fully saturated rings. The number of hydrogen-bond donors (Lipinski definition) is 1. The first kappa shape index (κ1) is 13.9. The Kier molecular flexibility index (Phi) is 3.54. The maximum absolute atomic E-state index is 6.23. The van der Waals surface area contributed by atoms with E-state index in [0.29, 0.717) is 28.0 Å². The Morgan fingerprint density at radius 2 is 1.83 bits per heavy atom. The Morgan fingerprint density at radius 3 is 2.61 bits per heavy atom. The molecular weight excluding hydrogens is 328 g/mol. The van der Waals surface area contributed by atoms with E-state index in [0.717, 1.165) is 10.4 Å². The highest BCUT2D eigenvalue weighted by Crippen LogP contribution is 2.26. The average molecular weight is 337 g/mol. The predicted octanol–water partition coefficient (Wildman–Crippen LogP) is 4.13. The van der Waals surface area contributed by atoms with Crippen LogP contribution in [0.15, 0.2) is 47.8 Å². The third-order valence-corrected chi connectivity index (χ3v) is 4.27. The van der Waals surface area contributed by atoms with Crippen LogP contribution in [0.4, 0.5) is 0 Å². The lowest BCUT2D eigenvalue weighted by molar-refractivity contribution is 1.21. The molecule has 0 unspecified atom stereocenters. The third kappa shape index (κ3) is 2.82. The van der Waals surface area contributed by atoms with Gasteiger partial charge in [0.25, 0.3) is 0 Å². The molecular formula is C17H9ClN4S. The van der Waals surface area contributed by atoms with Crippen molar-refractivity contribution in [1.82, 2.24) is 19.9 Å². The zero-order valence-electron chi connectivity index (χ0n) is 11.7. The van der Waals surface area contributed by atoms with Gasteiger partial charge in [-0.3, -0.25) is 0 Å². The minimum atomic E-state index is 0.322. The minimum Gasteiger partial charge on any atom is -0.316 e. The van der Waals surface area contributed by atoms with Crippen LogP contribution >= 0.6 is 22.9 Å². The second-order valence-electron chi connectivity index (χ2n) is 4.71. The molecule has 4 nitrogen and oxygen atoms in total. The van der Waals surface area contributed by atoms with Crippen LogP contribution in [0.1, 0.15) is 11.4 Å². The summed E-state index contributed by atoms with van der Waals surface area (Å²) in [5, 5.41) is 2.29. The van der Waals surface area contributed by atoms with Crippen LogP contribution in [-0.4, -0.2) is 19.9 Å². The molecule has 0 radical (unpaired) electrons. The molecule has 0 aliphatic carbocycles. The lowest BCUT2D eigenvalue weighted by atomic mass is 10.2. The molecule has 4 aromatic rings. The largest absolute Gasteiger partial charge is 0.316 e. The molecule has 3 heterocycles. The van der Waals surface area contributed by atoms with Crippen molar-refractivity contribution in [1.29, 1.82) is 0 Å². The van der Waals surface area contributed by atoms with Crippen molar-refractivity contribution < 1.29 is 0 Å². The molecule has 0 aliphatic heterocycles. The topological polar surface area (TPSA) is 54.5 Å². The molecule has 1 aromatic carbocycles. The summed E-state index contributed by atoms with van der Waals surface area (Å²) in [6.45, 7) is 0. The first-order valence-electron chi connectivity index (χ1n) is 6.84. The number of H-pyrrole nitrogens is 1. The number of halogens is 1. The van der Waals surface area contributed by atoms with Crippen molar-refractivity contribution in [3.05, 3.63) is 64.4 Å². The maximum Gasteiger partial charge on any atom is 0.185 e. The number of imidazole rings is 1. The fourth-order valence-electron chi connectivity index (χ4n) is 2.09. The number of benzene rings is 1. The van der Waals surface area contributed by atoms with Crippen molar-refractivity contribution in [3.8, 4) is 22.5 Å². The average Bonchev–Trinajstić information content (AvgIpc) is 3.23. The van der Waals surface area contributed by atoms with E-state index in [1.165, 1.54) is 0 Å². The molecule has 0 amide bonds. The highest BCUT2D eigenvalue weighted by molar-refractivity contribution is 7.13. The maximum atomic E-state index is 6.23. The van der Waals surface area contributed by atoms with Crippen LogP contribution in [0.25, 0.3) is 21.9 Å². The highest BCUT2D eigenvalue weighted by Gasteiger charge is 2.12. The molecule has 1 N–H and O–H groups in total. The highest BCUT2D eigenvalue weighted by atomic mass is 35.5. The quantitative estimate of drug-likeness (QED) is 0.420. The van der Waals surface area contributed by atoms with Gasteiger partial charge in [0.15, 0.2) is 22.4 Å². The van der Waals surface area contributed by atoms with Gasteiger partial charge in [-0.05, 0) is 29.5 Å². The van der Waals surface area contributed by atoms with E-state index in [2.05, 4.69) is 31.8 Å². The number of fused-ring (bicyclic) bond motifs is 1. The first-order chi connectivity index (χ1) is 11.3. The Hall–Kier alpha value is -2.68. The van der Waals surface area contributed by atoms with E-state index >= 15 is 0 Å². The van der Waals surface area contributed by atoms with Crippen LogP contribution in [0.2, 0.25) is 5.15 Å². The molecule has 0 atom stereocenters. The summed E-state index contributed by atoms with van der Waals surface area (Å²) in [7, 11) is 0. The Balaban J connectivity index is 1.76. The standard InChI is InChI=1S/C17H9ClN4S/c18-15-14-17(22-16(21-15)12-7-4-10-23-12)20-13(19-14)9-8-11-5-2-1-3-6-11/h1-7,10H,(H,19,20,21,22). The van der Waals surface area contributed by atoms with Crippen LogP contribution < -0.4 is 0 Å². The number of rotatable bonds is 1. The van der Waals surface area contributed by atoms with Gasteiger partial charge in [0.1, 0.15) is 5.52 Å². The number of nitrogens with one attached hydrogen (secondary N) is 1. The minimum absolute atomic E-state index is 0.322. The van der Waals surface area contributed by atoms with E-state index < -0.39 is 0 Å². The number of hydrogen-bond acceptors (Lipinski definition) is 4. The van der Waals surface area contributed by atoms with Gasteiger partial charge in [-0.25, -0.2) is 15.0 Å². The number of aromatic nitrogens is 4. The van der Waals surface area contributed by atoms with E-state index in [9.17, 15) is 0 Å². The number of thiophene rings is 1. The normalized spacial score (nSPS) is 10.5. The SMILES string of the molecule is Clc1nc(-c2cccs2)nc2[nH]c(C#Cc3ccccc3)nc12. The van der Waals surface area contributed by atoms with Gasteiger partial charge in [0, 0.05) is 5.56 Å². The van der Waals surface area contributed by atoms with Crippen molar-refractivity contribution in [2.75, 3.05) is 0 Å². The molecule has 0 bridgehead atoms. The van der Waals surface area contributed by atoms with Gasteiger partial charge in [-0.1, -0.05) is 41.8 Å². The second-order valence-corrected chi connectivity index (χ2v) is 6.02. The molecule has 0 aliphatic rings. The van der Waals surface area contributed by atoms with Crippen molar-refractivity contribution >= 4 is 34.1 Å². The summed E-state index contributed by atoms with van der Waals surface area (Å²) in [5.41, 5.74) is 2.04. The fraction of sp³-hybridized carbons (Fsp3) is 0. The Morgan fingerprint density at radius 1 is 0.957 bits per heavy atom. The van der Waals surface area contributed by atoms with Crippen molar-refractivity contribution in [2.24, 2.45) is 0 Å². The number of nitrogens with zero attached hydrogens (tertiary/aromatic N) is 3. The predicted molar refractivity (Wildman–Crippen MR) is 92.4 cm³/mol. The lowest BCUT2D eigenvalue weighted by Crippen LogP contribution is -1.89. The molecule has 3 aromatic heterocycles. The van der Waals surface area contributed by atoms with Crippen LogP contribution in [0.5, 0.6) is 0 Å². The van der Waals surface area contributed by atoms with Gasteiger partial charge in [0.2, 0.25) is 0 Å². The van der Waals surface area contributed by atoms with Crippen LogP contribution in [0.3, 0.4) is 0 Å². The van der Waals surface area contributed by atoms with Gasteiger partial charge >= 0.3 is 0 Å².